The molecule has 1 unspecified atom stereocenters. The molecule has 0 spiro atoms. The van der Waals surface area contributed by atoms with Gasteiger partial charge in [0.05, 0.1) is 17.2 Å². The van der Waals surface area contributed by atoms with Gasteiger partial charge in [0, 0.05) is 25.4 Å². The average Bonchev–Trinajstić information content (AvgIpc) is 2.29. The number of benzene rings is 1. The number of nitrogens with two attached hydrogens (primary N) is 1. The van der Waals surface area contributed by atoms with Gasteiger partial charge in [0.25, 0.3) is 0 Å². The van der Waals surface area contributed by atoms with Crippen LogP contribution in [0.1, 0.15) is 19.4 Å². The molecule has 0 aliphatic rings. The Balaban J connectivity index is 3.21. The molecule has 100 valence electrons. The average molecular weight is 287 g/mol. The second-order valence-electron chi connectivity index (χ2n) is 4.09. The summed E-state index contributed by atoms with van der Waals surface area (Å²) in [6.45, 7) is 5.64. The summed E-state index contributed by atoms with van der Waals surface area (Å²) in [7, 11) is 1.69. The summed E-state index contributed by atoms with van der Waals surface area (Å²) in [6.07, 6.45) is 0. The molecular weight excluding hydrogens is 268 g/mol. The number of halogens is 1. The third kappa shape index (κ3) is 3.34. The Kier molecular flexibility index (Phi) is 5.85. The highest BCUT2D eigenvalue weighted by Gasteiger charge is 2.18. The summed E-state index contributed by atoms with van der Waals surface area (Å²) in [5.74, 6) is 0. The monoisotopic (exact) mass is 286 g/mol. The summed E-state index contributed by atoms with van der Waals surface area (Å²) >= 11 is 11.3. The minimum atomic E-state index is 0.228. The van der Waals surface area contributed by atoms with Crippen molar-refractivity contribution < 1.29 is 4.74 Å². The quantitative estimate of drug-likeness (QED) is 0.816. The Bertz CT molecular complexity index is 425. The van der Waals surface area contributed by atoms with E-state index in [0.29, 0.717) is 16.6 Å². The van der Waals surface area contributed by atoms with Crippen molar-refractivity contribution in [2.24, 2.45) is 5.73 Å². The number of rotatable bonds is 6. The van der Waals surface area contributed by atoms with Crippen molar-refractivity contribution in [3.05, 3.63) is 28.8 Å². The SMILES string of the molecule is CCN(c1cccc(Cl)c1C(N)=S)C(C)COC. The van der Waals surface area contributed by atoms with E-state index in [4.69, 9.17) is 34.3 Å². The molecule has 0 heterocycles. The van der Waals surface area contributed by atoms with E-state index in [0.717, 1.165) is 17.8 Å². The van der Waals surface area contributed by atoms with Crippen molar-refractivity contribution in [1.82, 2.24) is 0 Å². The molecule has 3 nitrogen and oxygen atoms in total. The predicted octanol–water partition coefficient (Wildman–Crippen LogP) is 2.84. The van der Waals surface area contributed by atoms with Crippen LogP contribution in [0.4, 0.5) is 5.69 Å². The summed E-state index contributed by atoms with van der Waals surface area (Å²) < 4.78 is 5.20. The van der Waals surface area contributed by atoms with Crippen molar-refractivity contribution >= 4 is 34.5 Å². The fourth-order valence-electron chi connectivity index (χ4n) is 2.05. The minimum Gasteiger partial charge on any atom is -0.389 e. The van der Waals surface area contributed by atoms with Crippen LogP contribution >= 0.6 is 23.8 Å². The number of ether oxygens (including phenoxy) is 1. The maximum atomic E-state index is 6.18. The van der Waals surface area contributed by atoms with E-state index in [1.165, 1.54) is 0 Å². The van der Waals surface area contributed by atoms with E-state index in [2.05, 4.69) is 18.7 Å². The van der Waals surface area contributed by atoms with Crippen LogP contribution in [-0.2, 0) is 4.74 Å². The minimum absolute atomic E-state index is 0.228. The van der Waals surface area contributed by atoms with Crippen molar-refractivity contribution in [1.29, 1.82) is 0 Å². The molecular formula is C13H19ClN2OS. The summed E-state index contributed by atoms with van der Waals surface area (Å²) in [5, 5.41) is 0.586. The molecule has 0 bridgehead atoms. The molecule has 5 heteroatoms. The Morgan fingerprint density at radius 2 is 2.22 bits per heavy atom. The van der Waals surface area contributed by atoms with Gasteiger partial charge in [-0.1, -0.05) is 29.9 Å². The van der Waals surface area contributed by atoms with E-state index in [1.807, 2.05) is 12.1 Å². The molecule has 1 atom stereocenters. The van der Waals surface area contributed by atoms with Crippen LogP contribution in [0.2, 0.25) is 5.02 Å². The molecule has 1 aromatic rings. The first-order valence-corrected chi connectivity index (χ1v) is 6.65. The zero-order chi connectivity index (χ0) is 13.7. The number of hydrogen-bond donors (Lipinski definition) is 1. The second-order valence-corrected chi connectivity index (χ2v) is 4.94. The number of methoxy groups -OCH3 is 1. The number of hydrogen-bond acceptors (Lipinski definition) is 3. The van der Waals surface area contributed by atoms with Crippen LogP contribution in [0, 0.1) is 0 Å². The molecule has 1 rings (SSSR count). The molecule has 1 aromatic carbocycles. The Morgan fingerprint density at radius 3 is 2.72 bits per heavy atom. The van der Waals surface area contributed by atoms with Gasteiger partial charge in [-0.3, -0.25) is 0 Å². The first-order valence-electron chi connectivity index (χ1n) is 5.86. The molecule has 18 heavy (non-hydrogen) atoms. The first kappa shape index (κ1) is 15.2. The molecule has 0 saturated carbocycles. The van der Waals surface area contributed by atoms with Crippen molar-refractivity contribution in [3.63, 3.8) is 0 Å². The summed E-state index contributed by atoms with van der Waals surface area (Å²) in [4.78, 5) is 2.50. The number of thiocarbonyl (C=S) groups is 1. The van der Waals surface area contributed by atoms with Crippen molar-refractivity contribution in [2.75, 3.05) is 25.2 Å². The number of nitrogens with zero attached hydrogens (tertiary/aromatic N) is 1. The van der Waals surface area contributed by atoms with E-state index >= 15 is 0 Å². The normalized spacial score (nSPS) is 12.2. The molecule has 0 fully saturated rings. The molecule has 0 aliphatic carbocycles. The van der Waals surface area contributed by atoms with Gasteiger partial charge in [-0.2, -0.15) is 0 Å². The lowest BCUT2D eigenvalue weighted by Crippen LogP contribution is -2.37. The lowest BCUT2D eigenvalue weighted by molar-refractivity contribution is 0.182. The van der Waals surface area contributed by atoms with Gasteiger partial charge in [0.15, 0.2) is 0 Å². The summed E-state index contributed by atoms with van der Waals surface area (Å²) in [6, 6.07) is 5.91. The first-order chi connectivity index (χ1) is 8.52. The largest absolute Gasteiger partial charge is 0.389 e. The third-order valence-corrected chi connectivity index (χ3v) is 3.35. The third-order valence-electron chi connectivity index (χ3n) is 2.83. The van der Waals surface area contributed by atoms with E-state index in [9.17, 15) is 0 Å². The van der Waals surface area contributed by atoms with Crippen molar-refractivity contribution in [2.45, 2.75) is 19.9 Å². The zero-order valence-corrected chi connectivity index (χ0v) is 12.5. The maximum Gasteiger partial charge on any atom is 0.107 e. The van der Waals surface area contributed by atoms with E-state index in [1.54, 1.807) is 13.2 Å². The molecule has 0 saturated heterocycles. The highest BCUT2D eigenvalue weighted by molar-refractivity contribution is 7.80. The fourth-order valence-corrected chi connectivity index (χ4v) is 2.59. The smallest absolute Gasteiger partial charge is 0.107 e. The topological polar surface area (TPSA) is 38.5 Å². The van der Waals surface area contributed by atoms with Gasteiger partial charge in [-0.05, 0) is 26.0 Å². The van der Waals surface area contributed by atoms with Crippen LogP contribution in [0.5, 0.6) is 0 Å². The van der Waals surface area contributed by atoms with Gasteiger partial charge in [0.1, 0.15) is 4.99 Å². The molecule has 0 aliphatic heterocycles. The highest BCUT2D eigenvalue weighted by Crippen LogP contribution is 2.28. The van der Waals surface area contributed by atoms with E-state index < -0.39 is 0 Å². The molecule has 0 amide bonds. The number of anilines is 1. The Hall–Kier alpha value is -0.840. The van der Waals surface area contributed by atoms with Crippen LogP contribution in [0.25, 0.3) is 0 Å². The predicted molar refractivity (Wildman–Crippen MR) is 81.7 cm³/mol. The molecule has 0 aromatic heterocycles. The van der Waals surface area contributed by atoms with Crippen LogP contribution in [-0.4, -0.2) is 31.3 Å². The lowest BCUT2D eigenvalue weighted by Gasteiger charge is -2.31. The number of likely N-dealkylation sites (N-methyl/N-ethyl adjacent to an activating group) is 1. The Morgan fingerprint density at radius 1 is 1.56 bits per heavy atom. The van der Waals surface area contributed by atoms with Gasteiger partial charge < -0.3 is 15.4 Å². The van der Waals surface area contributed by atoms with Gasteiger partial charge in [-0.25, -0.2) is 0 Å². The second kappa shape index (κ2) is 6.92. The molecule has 2 N–H and O–H groups in total. The van der Waals surface area contributed by atoms with Crippen LogP contribution < -0.4 is 10.6 Å². The van der Waals surface area contributed by atoms with Crippen LogP contribution in [0.3, 0.4) is 0 Å². The maximum absolute atomic E-state index is 6.18. The Labute approximate surface area is 119 Å². The fraction of sp³-hybridized carbons (Fsp3) is 0.462. The summed E-state index contributed by atoms with van der Waals surface area (Å²) in [5.41, 5.74) is 7.47. The lowest BCUT2D eigenvalue weighted by atomic mass is 10.1. The highest BCUT2D eigenvalue weighted by atomic mass is 35.5. The molecule has 0 radical (unpaired) electrons. The standard InChI is InChI=1S/C13H19ClN2OS/c1-4-16(9(2)8-17-3)11-7-5-6-10(14)12(11)13(15)18/h5-7,9H,4,8H2,1-3H3,(H2,15,18). The van der Waals surface area contributed by atoms with Crippen molar-refractivity contribution in [3.8, 4) is 0 Å². The van der Waals surface area contributed by atoms with Gasteiger partial charge in [-0.15, -0.1) is 0 Å². The zero-order valence-electron chi connectivity index (χ0n) is 10.9. The van der Waals surface area contributed by atoms with Gasteiger partial charge >= 0.3 is 0 Å². The van der Waals surface area contributed by atoms with Crippen LogP contribution in [0.15, 0.2) is 18.2 Å². The van der Waals surface area contributed by atoms with Gasteiger partial charge in [0.2, 0.25) is 0 Å². The van der Waals surface area contributed by atoms with E-state index in [-0.39, 0.29) is 6.04 Å².